The van der Waals surface area contributed by atoms with Gasteiger partial charge in [-0.2, -0.15) is 5.26 Å². The number of carbonyl (C=O) groups is 1. The summed E-state index contributed by atoms with van der Waals surface area (Å²) in [5.41, 5.74) is 5.71. The number of likely N-dealkylation sites (tertiary alicyclic amines) is 1. The molecule has 25 heavy (non-hydrogen) atoms. The lowest BCUT2D eigenvalue weighted by Crippen LogP contribution is -2.64. The molecule has 1 saturated heterocycles. The summed E-state index contributed by atoms with van der Waals surface area (Å²) in [6, 6.07) is 1.72. The van der Waals surface area contributed by atoms with Gasteiger partial charge in [-0.1, -0.05) is 0 Å². The van der Waals surface area contributed by atoms with Crippen molar-refractivity contribution in [2.24, 2.45) is 28.9 Å². The third kappa shape index (κ3) is 2.59. The van der Waals surface area contributed by atoms with E-state index in [0.29, 0.717) is 24.2 Å². The van der Waals surface area contributed by atoms with E-state index in [4.69, 9.17) is 5.73 Å². The van der Waals surface area contributed by atoms with E-state index in [9.17, 15) is 15.2 Å². The average molecular weight is 370 g/mol. The summed E-state index contributed by atoms with van der Waals surface area (Å²) in [6.07, 6.45) is 7.48. The first-order chi connectivity index (χ1) is 10.9. The highest BCUT2D eigenvalue weighted by Gasteiger charge is 2.62. The van der Waals surface area contributed by atoms with Crippen molar-refractivity contribution in [2.45, 2.75) is 75.1 Å². The Balaban J connectivity index is 0.000000911. The molecule has 0 radical (unpaired) electrons. The number of hydrogen-bond acceptors (Lipinski definition) is 4. The van der Waals surface area contributed by atoms with Crippen LogP contribution in [0.15, 0.2) is 0 Å². The van der Waals surface area contributed by atoms with E-state index in [1.165, 1.54) is 6.42 Å². The van der Waals surface area contributed by atoms with Crippen molar-refractivity contribution in [3.8, 4) is 6.07 Å². The van der Waals surface area contributed by atoms with Crippen LogP contribution in [0.3, 0.4) is 0 Å². The van der Waals surface area contributed by atoms with Crippen LogP contribution in [-0.2, 0) is 4.79 Å². The molecule has 7 heteroatoms. The molecule has 1 aliphatic heterocycles. The fraction of sp³-hybridized carbons (Fsp3) is 0.889. The Labute approximate surface area is 154 Å². The van der Waals surface area contributed by atoms with E-state index in [1.807, 2.05) is 0 Å². The molecule has 0 aromatic rings. The molecular formula is C18H28ClN3O3. The zero-order valence-electron chi connectivity index (χ0n) is 14.4. The lowest BCUT2D eigenvalue weighted by atomic mass is 9.46. The van der Waals surface area contributed by atoms with Gasteiger partial charge in [0.25, 0.3) is 0 Å². The Morgan fingerprint density at radius 3 is 2.40 bits per heavy atom. The third-order valence-corrected chi connectivity index (χ3v) is 7.51. The third-order valence-electron chi connectivity index (χ3n) is 7.51. The molecule has 0 spiro atoms. The molecule has 6 aliphatic rings. The van der Waals surface area contributed by atoms with Gasteiger partial charge in [-0.3, -0.25) is 4.79 Å². The summed E-state index contributed by atoms with van der Waals surface area (Å²) in [6.45, 7) is 0. The van der Waals surface area contributed by atoms with Crippen molar-refractivity contribution in [1.82, 2.24) is 4.90 Å². The molecule has 4 bridgehead atoms. The van der Waals surface area contributed by atoms with Crippen molar-refractivity contribution >= 4 is 18.3 Å². The van der Waals surface area contributed by atoms with E-state index in [2.05, 4.69) is 6.07 Å². The van der Waals surface area contributed by atoms with E-state index in [-0.39, 0.29) is 41.3 Å². The highest BCUT2D eigenvalue weighted by atomic mass is 35.5. The van der Waals surface area contributed by atoms with Crippen LogP contribution in [0.25, 0.3) is 0 Å². The Morgan fingerprint density at radius 1 is 1.20 bits per heavy atom. The maximum Gasteiger partial charge on any atom is 0.241 e. The van der Waals surface area contributed by atoms with Crippen LogP contribution < -0.4 is 5.73 Å². The van der Waals surface area contributed by atoms with Gasteiger partial charge in [0.05, 0.1) is 17.7 Å². The molecule has 140 valence electrons. The van der Waals surface area contributed by atoms with Crippen LogP contribution in [0.1, 0.15) is 51.4 Å². The largest absolute Gasteiger partial charge is 0.412 e. The molecule has 1 heterocycles. The van der Waals surface area contributed by atoms with Gasteiger partial charge in [-0.15, -0.1) is 12.4 Å². The van der Waals surface area contributed by atoms with E-state index < -0.39 is 11.6 Å². The topological polar surface area (TPSA) is 122 Å². The van der Waals surface area contributed by atoms with Gasteiger partial charge >= 0.3 is 0 Å². The summed E-state index contributed by atoms with van der Waals surface area (Å²) in [5, 5.41) is 20.2. The number of rotatable bonds is 2. The first-order valence-electron chi connectivity index (χ1n) is 9.13. The van der Waals surface area contributed by atoms with Gasteiger partial charge < -0.3 is 21.2 Å². The van der Waals surface area contributed by atoms with Crippen LogP contribution in [0.5, 0.6) is 0 Å². The first-order valence-corrected chi connectivity index (χ1v) is 9.13. The molecule has 5 aliphatic carbocycles. The van der Waals surface area contributed by atoms with Crippen LogP contribution in [0.4, 0.5) is 0 Å². The quantitative estimate of drug-likeness (QED) is 0.745. The zero-order valence-corrected chi connectivity index (χ0v) is 15.2. The van der Waals surface area contributed by atoms with E-state index >= 15 is 0 Å². The number of nitrogens with zero attached hydrogens (tertiary/aromatic N) is 2. The van der Waals surface area contributed by atoms with Crippen LogP contribution in [-0.4, -0.2) is 45.1 Å². The molecular weight excluding hydrogens is 342 g/mol. The number of hydrogen-bond donors (Lipinski definition) is 2. The van der Waals surface area contributed by atoms with Gasteiger partial charge in [-0.25, -0.2) is 0 Å². The number of fused-ring (bicyclic) bond motifs is 1. The molecule has 5 saturated carbocycles. The highest BCUT2D eigenvalue weighted by molar-refractivity contribution is 5.85. The summed E-state index contributed by atoms with van der Waals surface area (Å²) >= 11 is 0. The fourth-order valence-corrected chi connectivity index (χ4v) is 6.96. The maximum absolute atomic E-state index is 13.1. The lowest BCUT2D eigenvalue weighted by molar-refractivity contribution is -0.177. The minimum atomic E-state index is -0.594. The van der Waals surface area contributed by atoms with Gasteiger partial charge in [0.15, 0.2) is 0 Å². The second kappa shape index (κ2) is 5.82. The van der Waals surface area contributed by atoms with Crippen LogP contribution >= 0.6 is 12.4 Å². The Morgan fingerprint density at radius 2 is 1.84 bits per heavy atom. The Hall–Kier alpha value is -0.870. The van der Waals surface area contributed by atoms with Gasteiger partial charge in [0.2, 0.25) is 5.91 Å². The van der Waals surface area contributed by atoms with Crippen molar-refractivity contribution in [2.75, 3.05) is 0 Å². The van der Waals surface area contributed by atoms with E-state index in [1.54, 1.807) is 4.90 Å². The van der Waals surface area contributed by atoms with Crippen molar-refractivity contribution in [3.05, 3.63) is 0 Å². The van der Waals surface area contributed by atoms with Crippen LogP contribution in [0.2, 0.25) is 0 Å². The second-order valence-corrected chi connectivity index (χ2v) is 9.21. The normalized spacial score (nSPS) is 49.5. The Bertz CT molecular complexity index is 607. The smallest absolute Gasteiger partial charge is 0.241 e. The average Bonchev–Trinajstić information content (AvgIpc) is 3.14. The number of nitrogens with two attached hydrogens (primary N) is 1. The summed E-state index contributed by atoms with van der Waals surface area (Å²) < 4.78 is 0. The highest BCUT2D eigenvalue weighted by Crippen LogP contribution is 2.63. The standard InChI is InChI=1S/C18H25N3O2.ClH.H2O/c19-8-13-2-12-3-14(12)21(13)16(22)15(20)17-4-10-1-11(5-17)7-18(23,6-10)9-17;;/h10-15,23H,1-7,9,20H2;1H;1H2/t10-,11+,12-,13+,14+,15-,17?,18?;;/m1../s1. The SMILES string of the molecule is Cl.N#C[C@@H]1C[C@@H]2C[C@@H]2N1C(=O)[C@@H](N)C12C[C@@H]3C[C@@H](CC(O)(C3)C1)C2.O. The van der Waals surface area contributed by atoms with Crippen LogP contribution in [0, 0.1) is 34.5 Å². The molecule has 6 fully saturated rings. The molecule has 5 N–H and O–H groups in total. The predicted molar refractivity (Wildman–Crippen MR) is 93.7 cm³/mol. The summed E-state index contributed by atoms with van der Waals surface area (Å²) in [4.78, 5) is 14.9. The molecule has 8 atom stereocenters. The van der Waals surface area contributed by atoms with Gasteiger partial charge in [-0.05, 0) is 74.5 Å². The number of halogens is 1. The van der Waals surface area contributed by atoms with Gasteiger partial charge in [0.1, 0.15) is 6.04 Å². The number of piperidine rings is 1. The van der Waals surface area contributed by atoms with Crippen molar-refractivity contribution < 1.29 is 15.4 Å². The minimum Gasteiger partial charge on any atom is -0.412 e. The number of aliphatic hydroxyl groups is 1. The number of carbonyl (C=O) groups excluding carboxylic acids is 1. The fourth-order valence-electron chi connectivity index (χ4n) is 6.96. The number of amides is 1. The monoisotopic (exact) mass is 369 g/mol. The maximum atomic E-state index is 13.1. The molecule has 2 unspecified atom stereocenters. The van der Waals surface area contributed by atoms with Gasteiger partial charge in [0, 0.05) is 6.04 Å². The van der Waals surface area contributed by atoms with Crippen molar-refractivity contribution in [3.63, 3.8) is 0 Å². The van der Waals surface area contributed by atoms with Crippen molar-refractivity contribution in [1.29, 1.82) is 5.26 Å². The first kappa shape index (κ1) is 18.9. The zero-order chi connectivity index (χ0) is 16.0. The molecule has 6 nitrogen and oxygen atoms in total. The summed E-state index contributed by atoms with van der Waals surface area (Å²) in [5.74, 6) is 1.56. The second-order valence-electron chi connectivity index (χ2n) is 9.21. The summed E-state index contributed by atoms with van der Waals surface area (Å²) in [7, 11) is 0. The molecule has 1 amide bonds. The predicted octanol–water partition coefficient (Wildman–Crippen LogP) is 0.755. The van der Waals surface area contributed by atoms with E-state index in [0.717, 1.165) is 38.5 Å². The Kier molecular flexibility index (Phi) is 4.40. The lowest BCUT2D eigenvalue weighted by Gasteiger charge is -2.61. The molecule has 0 aromatic carbocycles. The minimum absolute atomic E-state index is 0. The molecule has 6 rings (SSSR count). The number of nitriles is 1. The molecule has 0 aromatic heterocycles.